The van der Waals surface area contributed by atoms with E-state index in [0.717, 1.165) is 11.6 Å². The van der Waals surface area contributed by atoms with Gasteiger partial charge in [0.1, 0.15) is 11.9 Å². The summed E-state index contributed by atoms with van der Waals surface area (Å²) in [4.78, 5) is 13.5. The van der Waals surface area contributed by atoms with E-state index in [1.165, 1.54) is 57.8 Å². The van der Waals surface area contributed by atoms with Gasteiger partial charge < -0.3 is 10.5 Å². The van der Waals surface area contributed by atoms with Gasteiger partial charge in [-0.3, -0.25) is 0 Å². The monoisotopic (exact) mass is 290 g/mol. The van der Waals surface area contributed by atoms with E-state index in [2.05, 4.69) is 9.97 Å². The van der Waals surface area contributed by atoms with Gasteiger partial charge in [0.25, 0.3) is 0 Å². The molecule has 2 aliphatic rings. The lowest BCUT2D eigenvalue weighted by Gasteiger charge is -2.28. The molecular weight excluding hydrogens is 264 g/mol. The SMILES string of the molecule is COC(c1nc(N)nc(C2CCCC2)n1)C1CCCCC1. The van der Waals surface area contributed by atoms with Crippen molar-refractivity contribution in [1.82, 2.24) is 15.0 Å². The van der Waals surface area contributed by atoms with Crippen molar-refractivity contribution in [3.63, 3.8) is 0 Å². The van der Waals surface area contributed by atoms with Crippen molar-refractivity contribution in [2.75, 3.05) is 12.8 Å². The van der Waals surface area contributed by atoms with Gasteiger partial charge in [0, 0.05) is 13.0 Å². The van der Waals surface area contributed by atoms with Crippen LogP contribution in [0.2, 0.25) is 0 Å². The zero-order chi connectivity index (χ0) is 14.7. The Kier molecular flexibility index (Phi) is 4.68. The predicted molar refractivity (Wildman–Crippen MR) is 81.8 cm³/mol. The summed E-state index contributed by atoms with van der Waals surface area (Å²) in [7, 11) is 1.76. The van der Waals surface area contributed by atoms with Gasteiger partial charge in [0.05, 0.1) is 0 Å². The molecule has 21 heavy (non-hydrogen) atoms. The van der Waals surface area contributed by atoms with Crippen LogP contribution in [0.15, 0.2) is 0 Å². The van der Waals surface area contributed by atoms with Crippen molar-refractivity contribution in [3.05, 3.63) is 11.6 Å². The Bertz CT molecular complexity index is 467. The van der Waals surface area contributed by atoms with E-state index in [9.17, 15) is 0 Å². The van der Waals surface area contributed by atoms with Crippen LogP contribution in [0.25, 0.3) is 0 Å². The minimum absolute atomic E-state index is 0.0317. The molecule has 0 amide bonds. The second-order valence-electron chi connectivity index (χ2n) is 6.45. The van der Waals surface area contributed by atoms with Gasteiger partial charge in [-0.15, -0.1) is 0 Å². The van der Waals surface area contributed by atoms with E-state index < -0.39 is 0 Å². The highest BCUT2D eigenvalue weighted by Crippen LogP contribution is 2.37. The van der Waals surface area contributed by atoms with Gasteiger partial charge in [-0.1, -0.05) is 32.1 Å². The number of hydrogen-bond donors (Lipinski definition) is 1. The highest BCUT2D eigenvalue weighted by Gasteiger charge is 2.29. The van der Waals surface area contributed by atoms with E-state index in [1.807, 2.05) is 0 Å². The van der Waals surface area contributed by atoms with Gasteiger partial charge in [-0.25, -0.2) is 4.98 Å². The Labute approximate surface area is 126 Å². The van der Waals surface area contributed by atoms with Crippen molar-refractivity contribution in [2.24, 2.45) is 5.92 Å². The third-order valence-corrected chi connectivity index (χ3v) is 4.99. The Morgan fingerprint density at radius 1 is 0.952 bits per heavy atom. The molecule has 5 heteroatoms. The van der Waals surface area contributed by atoms with E-state index in [-0.39, 0.29) is 6.10 Å². The molecule has 0 aliphatic heterocycles. The fraction of sp³-hybridized carbons (Fsp3) is 0.812. The Morgan fingerprint density at radius 3 is 2.29 bits per heavy atom. The largest absolute Gasteiger partial charge is 0.373 e. The van der Waals surface area contributed by atoms with Crippen LogP contribution in [0.5, 0.6) is 0 Å². The average molecular weight is 290 g/mol. The zero-order valence-corrected chi connectivity index (χ0v) is 12.9. The van der Waals surface area contributed by atoms with Crippen LogP contribution < -0.4 is 5.73 Å². The van der Waals surface area contributed by atoms with Gasteiger partial charge >= 0.3 is 0 Å². The summed E-state index contributed by atoms with van der Waals surface area (Å²) in [5, 5.41) is 0. The van der Waals surface area contributed by atoms with Crippen LogP contribution in [-0.2, 0) is 4.74 Å². The van der Waals surface area contributed by atoms with Crippen molar-refractivity contribution in [2.45, 2.75) is 69.8 Å². The van der Waals surface area contributed by atoms with Gasteiger partial charge in [-0.2, -0.15) is 9.97 Å². The summed E-state index contributed by atoms with van der Waals surface area (Å²) < 4.78 is 5.74. The minimum atomic E-state index is -0.0317. The maximum absolute atomic E-state index is 5.93. The lowest BCUT2D eigenvalue weighted by molar-refractivity contribution is 0.0286. The first-order valence-corrected chi connectivity index (χ1v) is 8.32. The maximum Gasteiger partial charge on any atom is 0.223 e. The Morgan fingerprint density at radius 2 is 1.62 bits per heavy atom. The van der Waals surface area contributed by atoms with Crippen LogP contribution in [0.4, 0.5) is 5.95 Å². The van der Waals surface area contributed by atoms with Crippen LogP contribution in [0.3, 0.4) is 0 Å². The summed E-state index contributed by atoms with van der Waals surface area (Å²) >= 11 is 0. The molecule has 0 radical (unpaired) electrons. The number of nitrogen functional groups attached to an aromatic ring is 1. The first kappa shape index (κ1) is 14.7. The second kappa shape index (κ2) is 6.69. The number of nitrogens with zero attached hydrogens (tertiary/aromatic N) is 3. The predicted octanol–water partition coefficient (Wildman–Crippen LogP) is 3.38. The number of aromatic nitrogens is 3. The summed E-state index contributed by atoms with van der Waals surface area (Å²) in [6, 6.07) is 0. The molecule has 1 aromatic heterocycles. The minimum Gasteiger partial charge on any atom is -0.373 e. The van der Waals surface area contributed by atoms with Crippen molar-refractivity contribution in [1.29, 1.82) is 0 Å². The normalized spacial score (nSPS) is 22.5. The fourth-order valence-electron chi connectivity index (χ4n) is 3.87. The molecule has 0 bridgehead atoms. The molecule has 2 saturated carbocycles. The number of anilines is 1. The number of nitrogens with two attached hydrogens (primary N) is 1. The van der Waals surface area contributed by atoms with Crippen LogP contribution in [0, 0.1) is 5.92 Å². The molecule has 5 nitrogen and oxygen atoms in total. The lowest BCUT2D eigenvalue weighted by atomic mass is 9.85. The summed E-state index contributed by atoms with van der Waals surface area (Å²) in [6.07, 6.45) is 11.1. The first-order chi connectivity index (χ1) is 10.3. The number of methoxy groups -OCH3 is 1. The molecule has 2 aliphatic carbocycles. The van der Waals surface area contributed by atoms with Crippen molar-refractivity contribution in [3.8, 4) is 0 Å². The van der Waals surface area contributed by atoms with Crippen LogP contribution in [0.1, 0.15) is 81.5 Å². The highest BCUT2D eigenvalue weighted by molar-refractivity contribution is 5.19. The van der Waals surface area contributed by atoms with Crippen LogP contribution in [-0.4, -0.2) is 22.1 Å². The molecule has 1 heterocycles. The summed E-state index contributed by atoms with van der Waals surface area (Å²) in [5.74, 6) is 2.95. The molecule has 116 valence electrons. The molecule has 0 spiro atoms. The van der Waals surface area contributed by atoms with Gasteiger partial charge in [0.15, 0.2) is 5.82 Å². The third kappa shape index (κ3) is 3.34. The van der Waals surface area contributed by atoms with E-state index in [4.69, 9.17) is 15.5 Å². The first-order valence-electron chi connectivity index (χ1n) is 8.32. The number of ether oxygens (including phenoxy) is 1. The van der Waals surface area contributed by atoms with Crippen LogP contribution >= 0.6 is 0 Å². The third-order valence-electron chi connectivity index (χ3n) is 4.99. The van der Waals surface area contributed by atoms with E-state index >= 15 is 0 Å². The molecule has 1 aromatic rings. The molecule has 1 unspecified atom stereocenters. The molecule has 2 fully saturated rings. The maximum atomic E-state index is 5.93. The zero-order valence-electron chi connectivity index (χ0n) is 12.9. The molecule has 0 aromatic carbocycles. The fourth-order valence-corrected chi connectivity index (χ4v) is 3.87. The van der Waals surface area contributed by atoms with Gasteiger partial charge in [0.2, 0.25) is 5.95 Å². The second-order valence-corrected chi connectivity index (χ2v) is 6.45. The molecule has 2 N–H and O–H groups in total. The lowest BCUT2D eigenvalue weighted by Crippen LogP contribution is -2.22. The molecule has 3 rings (SSSR count). The average Bonchev–Trinajstić information content (AvgIpc) is 3.03. The molecule has 1 atom stereocenters. The molecule has 0 saturated heterocycles. The van der Waals surface area contributed by atoms with E-state index in [1.54, 1.807) is 7.11 Å². The number of rotatable bonds is 4. The summed E-state index contributed by atoms with van der Waals surface area (Å²) in [5.41, 5.74) is 5.93. The smallest absolute Gasteiger partial charge is 0.223 e. The van der Waals surface area contributed by atoms with Crippen molar-refractivity contribution < 1.29 is 4.74 Å². The Hall–Kier alpha value is -1.23. The quantitative estimate of drug-likeness (QED) is 0.920. The van der Waals surface area contributed by atoms with E-state index in [0.29, 0.717) is 17.8 Å². The summed E-state index contributed by atoms with van der Waals surface area (Å²) in [6.45, 7) is 0. The highest BCUT2D eigenvalue weighted by atomic mass is 16.5. The van der Waals surface area contributed by atoms with Crippen molar-refractivity contribution >= 4 is 5.95 Å². The topological polar surface area (TPSA) is 73.9 Å². The molecular formula is C16H26N4O. The number of hydrogen-bond acceptors (Lipinski definition) is 5. The Balaban J connectivity index is 1.84. The standard InChI is InChI=1S/C16H26N4O/c1-21-13(11-7-3-2-4-8-11)15-18-14(19-16(17)20-15)12-9-5-6-10-12/h11-13H,2-10H2,1H3,(H2,17,18,19,20). The van der Waals surface area contributed by atoms with Gasteiger partial charge in [-0.05, 0) is 31.6 Å².